The van der Waals surface area contributed by atoms with Gasteiger partial charge in [0.2, 0.25) is 5.91 Å². The Hall–Kier alpha value is -3.15. The van der Waals surface area contributed by atoms with Gasteiger partial charge < -0.3 is 15.0 Å². The number of carbonyl (C=O) groups excluding carboxylic acids is 1. The normalized spacial score (nSPS) is 19.8. The van der Waals surface area contributed by atoms with Crippen LogP contribution in [-0.4, -0.2) is 43.7 Å². The van der Waals surface area contributed by atoms with Crippen LogP contribution in [0.5, 0.6) is 5.75 Å². The van der Waals surface area contributed by atoms with E-state index < -0.39 is 0 Å². The Balaban J connectivity index is 1.68. The smallest absolute Gasteiger partial charge is 0.246 e. The maximum absolute atomic E-state index is 12.0. The predicted molar refractivity (Wildman–Crippen MR) is 99.7 cm³/mol. The van der Waals surface area contributed by atoms with E-state index in [4.69, 9.17) is 0 Å². The van der Waals surface area contributed by atoms with Crippen LogP contribution in [0.4, 0.5) is 0 Å². The molecule has 1 unspecified atom stereocenters. The molecule has 2 aromatic heterocycles. The van der Waals surface area contributed by atoms with Crippen molar-refractivity contribution >= 4 is 16.9 Å². The summed E-state index contributed by atoms with van der Waals surface area (Å²) in [6.45, 7) is 6.36. The van der Waals surface area contributed by atoms with Crippen LogP contribution in [0.3, 0.4) is 0 Å². The lowest BCUT2D eigenvalue weighted by atomic mass is 9.98. The fourth-order valence-corrected chi connectivity index (χ4v) is 3.76. The molecule has 6 heteroatoms. The predicted octanol–water partition coefficient (Wildman–Crippen LogP) is 3.22. The molecule has 0 radical (unpaired) electrons. The molecule has 0 saturated carbocycles. The molecule has 0 spiro atoms. The quantitative estimate of drug-likeness (QED) is 0.712. The highest BCUT2D eigenvalue weighted by atomic mass is 16.3. The number of likely N-dealkylation sites (tertiary alicyclic amines) is 1. The summed E-state index contributed by atoms with van der Waals surface area (Å²) in [5.74, 6) is 0.374. The van der Waals surface area contributed by atoms with Crippen molar-refractivity contribution < 1.29 is 9.90 Å². The van der Waals surface area contributed by atoms with Crippen LogP contribution in [0.25, 0.3) is 22.3 Å². The number of aromatic amines is 1. The number of hydrogen-bond acceptors (Lipinski definition) is 4. The Morgan fingerprint density at radius 1 is 1.35 bits per heavy atom. The number of aromatic hydroxyl groups is 1. The van der Waals surface area contributed by atoms with E-state index in [9.17, 15) is 9.90 Å². The summed E-state index contributed by atoms with van der Waals surface area (Å²) < 4.78 is 0. The molecular weight excluding hydrogens is 328 g/mol. The van der Waals surface area contributed by atoms with Crippen molar-refractivity contribution in [1.29, 1.82) is 0 Å². The third-order valence-corrected chi connectivity index (χ3v) is 5.19. The highest BCUT2D eigenvalue weighted by Crippen LogP contribution is 2.35. The lowest BCUT2D eigenvalue weighted by Gasteiger charge is -2.23. The largest absolute Gasteiger partial charge is 0.507 e. The van der Waals surface area contributed by atoms with Crippen molar-refractivity contribution in [3.63, 3.8) is 0 Å². The van der Waals surface area contributed by atoms with Crippen molar-refractivity contribution in [3.8, 4) is 17.0 Å². The molecule has 1 aliphatic rings. The van der Waals surface area contributed by atoms with E-state index in [1.54, 1.807) is 12.1 Å². The number of nitrogens with zero attached hydrogens (tertiary/aromatic N) is 3. The van der Waals surface area contributed by atoms with Gasteiger partial charge in [0.15, 0.2) is 5.65 Å². The van der Waals surface area contributed by atoms with Gasteiger partial charge >= 0.3 is 0 Å². The number of benzene rings is 1. The van der Waals surface area contributed by atoms with Crippen LogP contribution >= 0.6 is 0 Å². The number of aromatic nitrogens is 3. The Labute approximate surface area is 151 Å². The lowest BCUT2D eigenvalue weighted by molar-refractivity contribution is -0.126. The average Bonchev–Trinajstić information content (AvgIpc) is 3.24. The zero-order valence-electron chi connectivity index (χ0n) is 14.5. The van der Waals surface area contributed by atoms with Gasteiger partial charge in [-0.3, -0.25) is 4.79 Å². The Morgan fingerprint density at radius 3 is 2.92 bits per heavy atom. The van der Waals surface area contributed by atoms with E-state index in [1.807, 2.05) is 23.1 Å². The monoisotopic (exact) mass is 348 g/mol. The van der Waals surface area contributed by atoms with Gasteiger partial charge in [-0.05, 0) is 43.7 Å². The molecule has 6 nitrogen and oxygen atoms in total. The number of phenolic OH excluding ortho intramolecular Hbond substituents is 1. The van der Waals surface area contributed by atoms with Crippen molar-refractivity contribution in [3.05, 3.63) is 54.7 Å². The van der Waals surface area contributed by atoms with Crippen molar-refractivity contribution in [2.75, 3.05) is 6.54 Å². The summed E-state index contributed by atoms with van der Waals surface area (Å²) in [6, 6.07) is 11.2. The number of carbonyl (C=O) groups is 1. The number of H-pyrrole nitrogens is 1. The molecule has 2 atom stereocenters. The third-order valence-electron chi connectivity index (χ3n) is 5.19. The number of nitrogens with one attached hydrogen (secondary N) is 1. The molecule has 2 N–H and O–H groups in total. The van der Waals surface area contributed by atoms with Gasteiger partial charge in [0.25, 0.3) is 0 Å². The second-order valence-electron chi connectivity index (χ2n) is 6.65. The first-order valence-corrected chi connectivity index (χ1v) is 8.66. The van der Waals surface area contributed by atoms with E-state index in [2.05, 4.69) is 34.8 Å². The van der Waals surface area contributed by atoms with Crippen LogP contribution in [0.1, 0.15) is 25.0 Å². The Morgan fingerprint density at radius 2 is 2.15 bits per heavy atom. The van der Waals surface area contributed by atoms with Gasteiger partial charge in [-0.1, -0.05) is 18.7 Å². The molecule has 0 aliphatic carbocycles. The van der Waals surface area contributed by atoms with Gasteiger partial charge in [0.1, 0.15) is 5.75 Å². The zero-order chi connectivity index (χ0) is 18.3. The SMILES string of the molecule is C=CC(=O)N1CCC(c2cc3cc(-c4ccccc4O)nnc3[nH]2)[C@@H]1C. The first-order chi connectivity index (χ1) is 12.6. The number of rotatable bonds is 3. The lowest BCUT2D eigenvalue weighted by Crippen LogP contribution is -2.34. The van der Waals surface area contributed by atoms with Crippen LogP contribution in [0.15, 0.2) is 49.1 Å². The molecule has 26 heavy (non-hydrogen) atoms. The van der Waals surface area contributed by atoms with Gasteiger partial charge in [-0.25, -0.2) is 0 Å². The molecule has 1 amide bonds. The van der Waals surface area contributed by atoms with Gasteiger partial charge in [0, 0.05) is 35.1 Å². The summed E-state index contributed by atoms with van der Waals surface area (Å²) in [7, 11) is 0. The number of fused-ring (bicyclic) bond motifs is 1. The molecule has 3 heterocycles. The molecule has 3 aromatic rings. The summed E-state index contributed by atoms with van der Waals surface area (Å²) in [4.78, 5) is 17.1. The zero-order valence-corrected chi connectivity index (χ0v) is 14.5. The second kappa shape index (κ2) is 6.29. The number of amides is 1. The van der Waals surface area contributed by atoms with Gasteiger partial charge in [-0.15, -0.1) is 10.2 Å². The highest BCUT2D eigenvalue weighted by Gasteiger charge is 2.34. The first-order valence-electron chi connectivity index (χ1n) is 8.66. The van der Waals surface area contributed by atoms with E-state index in [0.717, 1.165) is 24.0 Å². The standard InChI is InChI=1S/C20H20N4O2/c1-3-19(26)24-9-8-14(12(24)2)16-10-13-11-17(22-23-20(13)21-16)15-6-4-5-7-18(15)25/h3-7,10-12,14,25H,1,8-9H2,2H3,(H,21,23)/t12-,14?/m0/s1. The second-order valence-corrected chi connectivity index (χ2v) is 6.65. The fraction of sp³-hybridized carbons (Fsp3) is 0.250. The summed E-state index contributed by atoms with van der Waals surface area (Å²) >= 11 is 0. The minimum Gasteiger partial charge on any atom is -0.507 e. The molecule has 1 aromatic carbocycles. The summed E-state index contributed by atoms with van der Waals surface area (Å²) in [6.07, 6.45) is 2.27. The van der Waals surface area contributed by atoms with Crippen molar-refractivity contribution in [2.24, 2.45) is 0 Å². The molecule has 0 bridgehead atoms. The molecule has 1 aliphatic heterocycles. The Bertz CT molecular complexity index is 994. The van der Waals surface area contributed by atoms with E-state index >= 15 is 0 Å². The highest BCUT2D eigenvalue weighted by molar-refractivity contribution is 5.87. The fourth-order valence-electron chi connectivity index (χ4n) is 3.76. The maximum Gasteiger partial charge on any atom is 0.246 e. The summed E-state index contributed by atoms with van der Waals surface area (Å²) in [5.41, 5.74) is 3.04. The molecule has 1 saturated heterocycles. The van der Waals surface area contributed by atoms with E-state index in [1.165, 1.54) is 6.08 Å². The van der Waals surface area contributed by atoms with E-state index in [0.29, 0.717) is 16.9 Å². The van der Waals surface area contributed by atoms with Crippen molar-refractivity contribution in [2.45, 2.75) is 25.3 Å². The topological polar surface area (TPSA) is 82.1 Å². The van der Waals surface area contributed by atoms with Crippen LogP contribution < -0.4 is 0 Å². The number of phenols is 1. The third kappa shape index (κ3) is 2.63. The average molecular weight is 348 g/mol. The summed E-state index contributed by atoms with van der Waals surface area (Å²) in [5, 5.41) is 19.5. The van der Waals surface area contributed by atoms with Crippen LogP contribution in [-0.2, 0) is 4.79 Å². The molecule has 132 valence electrons. The van der Waals surface area contributed by atoms with Crippen LogP contribution in [0.2, 0.25) is 0 Å². The minimum absolute atomic E-state index is 0.0299. The minimum atomic E-state index is -0.0299. The first kappa shape index (κ1) is 16.3. The van der Waals surface area contributed by atoms with Crippen molar-refractivity contribution in [1.82, 2.24) is 20.1 Å². The number of para-hydroxylation sites is 1. The van der Waals surface area contributed by atoms with E-state index in [-0.39, 0.29) is 23.6 Å². The maximum atomic E-state index is 12.0. The van der Waals surface area contributed by atoms with Gasteiger partial charge in [-0.2, -0.15) is 0 Å². The molecule has 1 fully saturated rings. The molecule has 4 rings (SSSR count). The number of hydrogen-bond donors (Lipinski definition) is 2. The Kier molecular flexibility index (Phi) is 3.95. The molecular formula is C20H20N4O2. The van der Waals surface area contributed by atoms with Gasteiger partial charge in [0.05, 0.1) is 5.69 Å². The van der Waals surface area contributed by atoms with Crippen LogP contribution in [0, 0.1) is 0 Å².